The lowest BCUT2D eigenvalue weighted by Crippen LogP contribution is -2.27. The first-order valence-corrected chi connectivity index (χ1v) is 5.88. The molecule has 5 heteroatoms. The molecule has 0 spiro atoms. The highest BCUT2D eigenvalue weighted by Crippen LogP contribution is 2.25. The Hall–Kier alpha value is -1.62. The number of hydrogen-bond acceptors (Lipinski definition) is 3. The number of carbonyl (C=O) groups is 1. The predicted octanol–water partition coefficient (Wildman–Crippen LogP) is 1.96. The van der Waals surface area contributed by atoms with Gasteiger partial charge in [-0.3, -0.25) is 0 Å². The number of halogens is 1. The van der Waals surface area contributed by atoms with E-state index in [1.807, 2.05) is 0 Å². The van der Waals surface area contributed by atoms with Gasteiger partial charge in [0.15, 0.2) is 17.7 Å². The van der Waals surface area contributed by atoms with Gasteiger partial charge in [0.2, 0.25) is 0 Å². The van der Waals surface area contributed by atoms with Gasteiger partial charge >= 0.3 is 5.97 Å². The standard InChI is InChI=1S/C13H18FNO3/c1-3-11(13(16)17)18-12-9(7-8(2)15)5-4-6-10(12)14/h4-6,8,11H,3,7,15H2,1-2H3,(H,16,17). The summed E-state index contributed by atoms with van der Waals surface area (Å²) in [5, 5.41) is 8.93. The molecule has 0 bridgehead atoms. The minimum Gasteiger partial charge on any atom is -0.479 e. The molecule has 2 atom stereocenters. The van der Waals surface area contributed by atoms with Crippen molar-refractivity contribution >= 4 is 5.97 Å². The van der Waals surface area contributed by atoms with Crippen molar-refractivity contribution in [1.29, 1.82) is 0 Å². The molecule has 3 N–H and O–H groups in total. The zero-order valence-corrected chi connectivity index (χ0v) is 10.5. The molecule has 1 rings (SSSR count). The number of aliphatic carboxylic acids is 1. The van der Waals surface area contributed by atoms with Crippen molar-refractivity contribution in [3.8, 4) is 5.75 Å². The fourth-order valence-electron chi connectivity index (χ4n) is 1.64. The molecule has 4 nitrogen and oxygen atoms in total. The van der Waals surface area contributed by atoms with Crippen molar-refractivity contribution in [3.05, 3.63) is 29.6 Å². The number of carboxylic acids is 1. The summed E-state index contributed by atoms with van der Waals surface area (Å²) in [6.07, 6.45) is -0.349. The zero-order chi connectivity index (χ0) is 13.7. The minimum absolute atomic E-state index is 0.0101. The van der Waals surface area contributed by atoms with Crippen LogP contribution < -0.4 is 10.5 Å². The number of benzene rings is 1. The summed E-state index contributed by atoms with van der Waals surface area (Å²) in [7, 11) is 0. The van der Waals surface area contributed by atoms with Gasteiger partial charge in [-0.15, -0.1) is 0 Å². The van der Waals surface area contributed by atoms with Crippen LogP contribution in [0.5, 0.6) is 5.75 Å². The lowest BCUT2D eigenvalue weighted by Gasteiger charge is -2.17. The third kappa shape index (κ3) is 3.70. The molecule has 18 heavy (non-hydrogen) atoms. The Morgan fingerprint density at radius 1 is 1.56 bits per heavy atom. The molecule has 0 heterocycles. The summed E-state index contributed by atoms with van der Waals surface area (Å²) < 4.78 is 19.0. The van der Waals surface area contributed by atoms with E-state index in [2.05, 4.69) is 0 Å². The number of nitrogens with two attached hydrogens (primary N) is 1. The van der Waals surface area contributed by atoms with Crippen LogP contribution in [0.4, 0.5) is 4.39 Å². The molecular weight excluding hydrogens is 237 g/mol. The van der Waals surface area contributed by atoms with Gasteiger partial charge in [-0.1, -0.05) is 19.1 Å². The van der Waals surface area contributed by atoms with Crippen LogP contribution in [0.2, 0.25) is 0 Å². The maximum absolute atomic E-state index is 13.7. The second-order valence-corrected chi connectivity index (χ2v) is 4.26. The number of rotatable bonds is 6. The van der Waals surface area contributed by atoms with Gasteiger partial charge < -0.3 is 15.6 Å². The van der Waals surface area contributed by atoms with Crippen molar-refractivity contribution in [2.24, 2.45) is 5.73 Å². The van der Waals surface area contributed by atoms with E-state index < -0.39 is 17.9 Å². The monoisotopic (exact) mass is 255 g/mol. The number of hydrogen-bond donors (Lipinski definition) is 2. The van der Waals surface area contributed by atoms with E-state index in [4.69, 9.17) is 15.6 Å². The highest BCUT2D eigenvalue weighted by molar-refractivity contribution is 5.72. The molecule has 0 aromatic heterocycles. The Morgan fingerprint density at radius 2 is 2.22 bits per heavy atom. The second kappa shape index (κ2) is 6.35. The molecule has 0 saturated heterocycles. The molecule has 1 aromatic carbocycles. The fourth-order valence-corrected chi connectivity index (χ4v) is 1.64. The van der Waals surface area contributed by atoms with E-state index in [1.54, 1.807) is 26.0 Å². The van der Waals surface area contributed by atoms with E-state index in [9.17, 15) is 9.18 Å². The average Bonchev–Trinajstić information content (AvgIpc) is 2.27. The molecule has 100 valence electrons. The maximum atomic E-state index is 13.7. The molecule has 0 aliphatic heterocycles. The van der Waals surface area contributed by atoms with Crippen LogP contribution in [-0.2, 0) is 11.2 Å². The molecule has 0 fully saturated rings. The molecular formula is C13H18FNO3. The van der Waals surface area contributed by atoms with Gasteiger partial charge in [0.25, 0.3) is 0 Å². The van der Waals surface area contributed by atoms with Crippen molar-refractivity contribution in [2.45, 2.75) is 38.8 Å². The summed E-state index contributed by atoms with van der Waals surface area (Å²) >= 11 is 0. The van der Waals surface area contributed by atoms with E-state index in [0.717, 1.165) is 0 Å². The first-order valence-electron chi connectivity index (χ1n) is 5.88. The van der Waals surface area contributed by atoms with Gasteiger partial charge in [-0.05, 0) is 31.4 Å². The van der Waals surface area contributed by atoms with Crippen LogP contribution in [0.25, 0.3) is 0 Å². The third-order valence-corrected chi connectivity index (χ3v) is 2.50. The van der Waals surface area contributed by atoms with Crippen LogP contribution in [0, 0.1) is 5.82 Å². The minimum atomic E-state index is -1.10. The van der Waals surface area contributed by atoms with E-state index in [0.29, 0.717) is 12.0 Å². The lowest BCUT2D eigenvalue weighted by atomic mass is 10.1. The summed E-state index contributed by atoms with van der Waals surface area (Å²) in [6.45, 7) is 3.47. The average molecular weight is 255 g/mol. The topological polar surface area (TPSA) is 72.5 Å². The third-order valence-electron chi connectivity index (χ3n) is 2.50. The lowest BCUT2D eigenvalue weighted by molar-refractivity contribution is -0.145. The van der Waals surface area contributed by atoms with E-state index >= 15 is 0 Å². The predicted molar refractivity (Wildman–Crippen MR) is 66.1 cm³/mol. The summed E-state index contributed by atoms with van der Waals surface area (Å²) in [5.74, 6) is -1.68. The van der Waals surface area contributed by atoms with Gasteiger partial charge in [-0.2, -0.15) is 0 Å². The molecule has 0 aliphatic carbocycles. The molecule has 2 unspecified atom stereocenters. The summed E-state index contributed by atoms with van der Waals surface area (Å²) in [4.78, 5) is 10.9. The van der Waals surface area contributed by atoms with Crippen LogP contribution >= 0.6 is 0 Å². The van der Waals surface area contributed by atoms with Gasteiger partial charge in [-0.25, -0.2) is 9.18 Å². The Labute approximate surface area is 106 Å². The quantitative estimate of drug-likeness (QED) is 0.815. The largest absolute Gasteiger partial charge is 0.479 e. The summed E-state index contributed by atoms with van der Waals surface area (Å²) in [5.41, 5.74) is 6.26. The SMILES string of the molecule is CCC(Oc1c(F)cccc1CC(C)N)C(=O)O. The zero-order valence-electron chi connectivity index (χ0n) is 10.5. The normalized spacial score (nSPS) is 14.0. The number of carboxylic acid groups (broad SMARTS) is 1. The van der Waals surface area contributed by atoms with Crippen LogP contribution in [0.15, 0.2) is 18.2 Å². The Balaban J connectivity index is 3.01. The Bertz CT molecular complexity index is 421. The van der Waals surface area contributed by atoms with Crippen molar-refractivity contribution < 1.29 is 19.0 Å². The number of ether oxygens (including phenoxy) is 1. The molecule has 0 aliphatic rings. The molecule has 0 amide bonds. The molecule has 0 radical (unpaired) electrons. The molecule has 0 saturated carbocycles. The van der Waals surface area contributed by atoms with Crippen LogP contribution in [-0.4, -0.2) is 23.2 Å². The Kier molecular flexibility index (Phi) is 5.09. The highest BCUT2D eigenvalue weighted by Gasteiger charge is 2.21. The summed E-state index contributed by atoms with van der Waals surface area (Å²) in [6, 6.07) is 4.34. The Morgan fingerprint density at radius 3 is 2.72 bits per heavy atom. The van der Waals surface area contributed by atoms with Gasteiger partial charge in [0.05, 0.1) is 0 Å². The smallest absolute Gasteiger partial charge is 0.344 e. The fraction of sp³-hybridized carbons (Fsp3) is 0.462. The van der Waals surface area contributed by atoms with Crippen molar-refractivity contribution in [3.63, 3.8) is 0 Å². The van der Waals surface area contributed by atoms with Gasteiger partial charge in [0, 0.05) is 6.04 Å². The first kappa shape index (κ1) is 14.4. The highest BCUT2D eigenvalue weighted by atomic mass is 19.1. The van der Waals surface area contributed by atoms with Crippen LogP contribution in [0.3, 0.4) is 0 Å². The van der Waals surface area contributed by atoms with E-state index in [1.165, 1.54) is 6.07 Å². The number of para-hydroxylation sites is 1. The first-order chi connectivity index (χ1) is 8.45. The van der Waals surface area contributed by atoms with Crippen LogP contribution in [0.1, 0.15) is 25.8 Å². The second-order valence-electron chi connectivity index (χ2n) is 4.26. The van der Waals surface area contributed by atoms with Crippen molar-refractivity contribution in [2.75, 3.05) is 0 Å². The molecule has 1 aromatic rings. The maximum Gasteiger partial charge on any atom is 0.344 e. The van der Waals surface area contributed by atoms with Gasteiger partial charge in [0.1, 0.15) is 0 Å². The van der Waals surface area contributed by atoms with E-state index in [-0.39, 0.29) is 18.2 Å². The van der Waals surface area contributed by atoms with Crippen molar-refractivity contribution in [1.82, 2.24) is 0 Å².